The molecule has 0 fully saturated rings. The van der Waals surface area contributed by atoms with E-state index in [0.29, 0.717) is 0 Å². The van der Waals surface area contributed by atoms with E-state index in [1.54, 1.807) is 0 Å². The summed E-state index contributed by atoms with van der Waals surface area (Å²) in [4.78, 5) is 27.8. The summed E-state index contributed by atoms with van der Waals surface area (Å²) in [5.41, 5.74) is -11.3. The van der Waals surface area contributed by atoms with E-state index in [4.69, 9.17) is 44.6 Å². The first kappa shape index (κ1) is 5.84. The Balaban J connectivity index is 3.56. The van der Waals surface area contributed by atoms with Crippen molar-refractivity contribution in [3.8, 4) is 0 Å². The predicted molar refractivity (Wildman–Crippen MR) is 106 cm³/mol. The van der Waals surface area contributed by atoms with E-state index in [1.165, 1.54) is 0 Å². The van der Waals surface area contributed by atoms with E-state index in [9.17, 15) is 11.0 Å². The molecule has 0 aromatic heterocycles. The minimum Gasteiger partial charge on any atom is -0.466 e. The van der Waals surface area contributed by atoms with Crippen molar-refractivity contribution in [1.82, 2.24) is 5.31 Å². The zero-order valence-electron chi connectivity index (χ0n) is 38.3. The van der Waals surface area contributed by atoms with Crippen LogP contribution in [0.4, 0.5) is 0 Å². The van der Waals surface area contributed by atoms with Crippen molar-refractivity contribution in [2.24, 2.45) is 5.72 Å². The number of rotatable bonds is 9. The van der Waals surface area contributed by atoms with Crippen LogP contribution in [0.3, 0.4) is 0 Å². The quantitative estimate of drug-likeness (QED) is 0.576. The summed E-state index contributed by atoms with van der Waals surface area (Å²) in [6.45, 7) is -25.1. The van der Waals surface area contributed by atoms with Gasteiger partial charge >= 0.3 is 11.9 Å². The zero-order valence-corrected chi connectivity index (χ0v) is 14.1. The summed E-state index contributed by atoms with van der Waals surface area (Å²) in [6, 6.07) is -5.50. The molecule has 0 amide bonds. The number of carbonyl (C=O) groups is 2. The molecule has 152 valence electrons. The predicted octanol–water partition coefficient (Wildman–Crippen LogP) is 2.27. The van der Waals surface area contributed by atoms with Gasteiger partial charge in [0.2, 0.25) is 0 Å². The monoisotopic (exact) mass is 433 g/mol. The Labute approximate surface area is 204 Å². The van der Waals surface area contributed by atoms with Crippen molar-refractivity contribution in [2.45, 2.75) is 19.6 Å². The zero-order chi connectivity index (χ0) is 42.2. The third kappa shape index (κ3) is 4.73. The van der Waals surface area contributed by atoms with Crippen LogP contribution in [0.5, 0.6) is 0 Å². The lowest BCUT2D eigenvalue weighted by atomic mass is 9.80. The second kappa shape index (κ2) is 10.3. The van der Waals surface area contributed by atoms with Gasteiger partial charge in [-0.05, 0) is 25.3 Å². The number of ether oxygens (including phenoxy) is 3. The molecule has 0 saturated carbocycles. The summed E-state index contributed by atoms with van der Waals surface area (Å²) in [5.74, 6) is -9.53. The van der Waals surface area contributed by atoms with Gasteiger partial charge in [0.05, 0.1) is 67.3 Å². The summed E-state index contributed by atoms with van der Waals surface area (Å²) in [5, 5.41) is -2.24. The van der Waals surface area contributed by atoms with E-state index in [1.807, 2.05) is 0 Å². The smallest absolute Gasteiger partial charge is 0.336 e. The van der Waals surface area contributed by atoms with Crippen LogP contribution in [0.2, 0.25) is 9.26 Å². The van der Waals surface area contributed by atoms with Gasteiger partial charge in [-0.2, -0.15) is 0 Å². The minimum atomic E-state index is -4.52. The fourth-order valence-corrected chi connectivity index (χ4v) is 2.21. The first-order valence-corrected chi connectivity index (χ1v) is 7.12. The maximum atomic E-state index is 14.1. The van der Waals surface area contributed by atoms with E-state index in [2.05, 4.69) is 14.2 Å². The first-order valence-electron chi connectivity index (χ1n) is 19.1. The normalized spacial score (nSPS) is 36.2. The van der Waals surface area contributed by atoms with Crippen molar-refractivity contribution in [3.63, 3.8) is 0 Å². The molecule has 0 radical (unpaired) electrons. The molecule has 2 rings (SSSR count). The lowest BCUT2D eigenvalue weighted by Crippen LogP contribution is -2.35. The van der Waals surface area contributed by atoms with Crippen LogP contribution >= 0.6 is 11.6 Å². The number of hydrogen-bond donors (Lipinski definition) is 2. The molecule has 0 saturated heterocycles. The molecule has 1 aliphatic rings. The minimum absolute atomic E-state index is 0.832. The third-order valence-corrected chi connectivity index (χ3v) is 3.26. The van der Waals surface area contributed by atoms with Gasteiger partial charge < -0.3 is 25.2 Å². The summed E-state index contributed by atoms with van der Waals surface area (Å²) < 4.78 is 211. The van der Waals surface area contributed by atoms with E-state index in [0.717, 1.165) is 0 Å². The molecule has 3 N–H and O–H groups in total. The van der Waals surface area contributed by atoms with Crippen molar-refractivity contribution in [2.75, 3.05) is 33.2 Å². The van der Waals surface area contributed by atoms with Crippen LogP contribution in [0, 0.1) is 0 Å². The van der Waals surface area contributed by atoms with Crippen molar-refractivity contribution in [3.05, 3.63) is 57.3 Å². The fourth-order valence-electron chi connectivity index (χ4n) is 2.02. The Morgan fingerprint density at radius 1 is 1.46 bits per heavy atom. The van der Waals surface area contributed by atoms with E-state index >= 15 is 0 Å². The van der Waals surface area contributed by atoms with Gasteiger partial charge in [0.1, 0.15) is 2.82 Å². The molecule has 1 heterocycles. The molecule has 28 heavy (non-hydrogen) atoms. The van der Waals surface area contributed by atoms with Gasteiger partial charge in [-0.1, -0.05) is 29.7 Å². The number of nitrogens with two attached hydrogens (primary N) is 1. The number of nitrogens with one attached hydrogen (secondary N) is 1. The molecule has 1 aromatic carbocycles. The molecule has 7 nitrogen and oxygen atoms in total. The van der Waals surface area contributed by atoms with Gasteiger partial charge in [-0.3, -0.25) is 0 Å². The highest BCUT2D eigenvalue weighted by atomic mass is 35.5. The lowest BCUT2D eigenvalue weighted by molar-refractivity contribution is -0.139. The number of allylic oxidation sites excluding steroid dienone is 1. The Hall–Kier alpha value is -2.35. The van der Waals surface area contributed by atoms with Gasteiger partial charge in [0.15, 0.2) is 1.41 Å². The molecule has 0 aliphatic carbocycles. The van der Waals surface area contributed by atoms with Crippen LogP contribution in [-0.4, -0.2) is 45.2 Å². The second-order valence-electron chi connectivity index (χ2n) is 4.42. The number of halogens is 1. The number of methoxy groups -OCH3 is 1. The lowest BCUT2D eigenvalue weighted by Gasteiger charge is -2.31. The van der Waals surface area contributed by atoms with E-state index in [-0.39, 0.29) is 0 Å². The van der Waals surface area contributed by atoms with Crippen LogP contribution < -0.4 is 11.0 Å². The Morgan fingerprint density at radius 2 is 2.32 bits per heavy atom. The average molecular weight is 434 g/mol. The molecule has 1 aliphatic heterocycles. The van der Waals surface area contributed by atoms with Crippen LogP contribution in [-0.2, 0) is 23.8 Å². The third-order valence-electron chi connectivity index (χ3n) is 2.98. The Morgan fingerprint density at radius 3 is 3.07 bits per heavy atom. The van der Waals surface area contributed by atoms with Crippen LogP contribution in [0.25, 0.3) is 0 Å². The molecular formula is C20H25ClN2O5. The maximum absolute atomic E-state index is 14.1. The number of carbonyl (C=O) groups excluding carboxylic acids is 2. The van der Waals surface area contributed by atoms with Gasteiger partial charge in [0.25, 0.3) is 0 Å². The number of dihydropyridines is 1. The second-order valence-corrected chi connectivity index (χ2v) is 4.80. The van der Waals surface area contributed by atoms with Gasteiger partial charge in [-0.25, -0.2) is 9.59 Å². The summed E-state index contributed by atoms with van der Waals surface area (Å²) >= 11 is 6.20. The topological polar surface area (TPSA) is 99.9 Å². The number of hydrogen-bond acceptors (Lipinski definition) is 7. The average Bonchev–Trinajstić information content (AvgIpc) is 2.92. The number of benzene rings is 1. The fraction of sp³-hybridized carbons (Fsp3) is 0.400. The number of esters is 2. The van der Waals surface area contributed by atoms with Crippen LogP contribution in [0.1, 0.15) is 55.3 Å². The molecule has 1 atom stereocenters. The first-order chi connectivity index (χ1) is 23.2. The Bertz CT molecular complexity index is 1700. The standard InChI is InChI=1S/C20H25ClN2O5/c1-4-28-20(25)18-15(11-27-10-9-22)23-12(2)16(19(24)26-3)17(18)13-7-5-6-8-14(13)21/h5-8,17,23H,4,9-11,22H2,1-3H3/i1D3,2D3,3D3,4D2,5D,6D,7D,8D,9D2,10D2,11D2,17D/hD3. The van der Waals surface area contributed by atoms with Crippen LogP contribution in [0.15, 0.2) is 46.7 Å². The molecule has 8 heteroatoms. The van der Waals surface area contributed by atoms with E-state index < -0.39 is 133 Å². The Kier molecular flexibility index (Phi) is 2.14. The maximum Gasteiger partial charge on any atom is 0.336 e. The molecule has 0 spiro atoms. The van der Waals surface area contributed by atoms with Crippen molar-refractivity contribution >= 4 is 23.5 Å². The highest BCUT2D eigenvalue weighted by Crippen LogP contribution is 2.41. The molecular weight excluding hydrogens is 384 g/mol. The largest absolute Gasteiger partial charge is 0.466 e. The molecule has 0 bridgehead atoms. The summed E-state index contributed by atoms with van der Waals surface area (Å²) in [7, 11) is -3.89. The van der Waals surface area contributed by atoms with Crippen molar-refractivity contribution < 1.29 is 58.2 Å². The van der Waals surface area contributed by atoms with Gasteiger partial charge in [-0.15, -0.1) is 0 Å². The molecule has 1 aromatic rings. The highest BCUT2D eigenvalue weighted by molar-refractivity contribution is 6.31. The van der Waals surface area contributed by atoms with Gasteiger partial charge in [0, 0.05) is 29.6 Å². The highest BCUT2D eigenvalue weighted by Gasteiger charge is 2.39. The summed E-state index contributed by atoms with van der Waals surface area (Å²) in [6.07, 6.45) is 0. The van der Waals surface area contributed by atoms with Crippen molar-refractivity contribution in [1.29, 1.82) is 0 Å². The SMILES string of the molecule is [2H]c1c([2H])c([2H])c(C2([2H])C(C(=O)OC([2H])([2H])[2H])=C(C([2H])([2H])[2H])N([2H])C(C([2H])([2H])OC([2H])([2H])C([2H])([2H])N([2H])[2H])=C2C(=O)OC([2H])([2H])C([2H])([2H])[2H])c(Cl)c1[2H]. The molecule has 1 unspecified atom stereocenters.